The van der Waals surface area contributed by atoms with E-state index in [1.54, 1.807) is 0 Å². The van der Waals surface area contributed by atoms with Gasteiger partial charge in [0.05, 0.1) is 0 Å². The van der Waals surface area contributed by atoms with Crippen LogP contribution in [0.4, 0.5) is 0 Å². The van der Waals surface area contributed by atoms with E-state index in [1.807, 2.05) is 0 Å². The minimum absolute atomic E-state index is 0.485. The summed E-state index contributed by atoms with van der Waals surface area (Å²) in [5.74, 6) is 2.36. The van der Waals surface area contributed by atoms with Gasteiger partial charge in [-0.2, -0.15) is 0 Å². The number of Topliss-reactive ketones (excluding diaryl/α,β-unsaturated/α-hetero) is 1. The maximum Gasteiger partial charge on any atom is 0.139 e. The van der Waals surface area contributed by atoms with E-state index in [2.05, 4.69) is 6.92 Å². The van der Waals surface area contributed by atoms with Crippen LogP contribution < -0.4 is 0 Å². The van der Waals surface area contributed by atoms with E-state index in [1.165, 1.54) is 19.3 Å². The number of fused-ring (bicyclic) bond motifs is 2. The largest absolute Gasteiger partial charge is 0.299 e. The lowest BCUT2D eigenvalue weighted by atomic mass is 9.61. The van der Waals surface area contributed by atoms with Crippen LogP contribution in [0.2, 0.25) is 0 Å². The molecule has 0 amide bonds. The Morgan fingerprint density at radius 3 is 2.11 bits per heavy atom. The van der Waals surface area contributed by atoms with Crippen molar-refractivity contribution >= 4 is 5.78 Å². The molecule has 0 aromatic heterocycles. The molecule has 0 aromatic carbocycles. The Kier molecular flexibility index (Phi) is 0.961. The molecular formula is C8H12O. The SMILES string of the molecule is CC1CC2CC(C1)C2=O. The van der Waals surface area contributed by atoms with Gasteiger partial charge in [-0.05, 0) is 25.2 Å². The number of hydrogen-bond donors (Lipinski definition) is 0. The van der Waals surface area contributed by atoms with Crippen LogP contribution in [0.15, 0.2) is 0 Å². The fourth-order valence-corrected chi connectivity index (χ4v) is 2.24. The first-order chi connectivity index (χ1) is 4.27. The van der Waals surface area contributed by atoms with Crippen molar-refractivity contribution in [3.8, 4) is 0 Å². The standard InChI is InChI=1S/C8H12O/c1-5-2-6-4-7(3-5)8(6)9/h5-7H,2-4H2,1H3. The number of rotatable bonds is 0. The van der Waals surface area contributed by atoms with Crippen LogP contribution in [-0.4, -0.2) is 5.78 Å². The molecule has 1 nitrogen and oxygen atoms in total. The Hall–Kier alpha value is -0.330. The lowest BCUT2D eigenvalue weighted by molar-refractivity contribution is -0.141. The molecule has 2 atom stereocenters. The van der Waals surface area contributed by atoms with E-state index in [0.717, 1.165) is 5.92 Å². The monoisotopic (exact) mass is 124 g/mol. The Morgan fingerprint density at radius 1 is 1.22 bits per heavy atom. The number of ketones is 1. The highest BCUT2D eigenvalue weighted by Gasteiger charge is 2.44. The van der Waals surface area contributed by atoms with Gasteiger partial charge in [-0.3, -0.25) is 4.79 Å². The maximum absolute atomic E-state index is 11.0. The summed E-state index contributed by atoms with van der Waals surface area (Å²) in [7, 11) is 0. The zero-order valence-electron chi connectivity index (χ0n) is 5.76. The smallest absolute Gasteiger partial charge is 0.139 e. The second-order valence-electron chi connectivity index (χ2n) is 3.61. The molecule has 2 unspecified atom stereocenters. The van der Waals surface area contributed by atoms with Gasteiger partial charge in [-0.1, -0.05) is 6.92 Å². The summed E-state index contributed by atoms with van der Waals surface area (Å²) in [6.07, 6.45) is 3.56. The van der Waals surface area contributed by atoms with Crippen LogP contribution in [0.1, 0.15) is 26.2 Å². The maximum atomic E-state index is 11.0. The normalized spacial score (nSPS) is 48.6. The third kappa shape index (κ3) is 0.637. The van der Waals surface area contributed by atoms with E-state index < -0.39 is 0 Å². The van der Waals surface area contributed by atoms with Crippen LogP contribution in [0.25, 0.3) is 0 Å². The molecule has 0 N–H and O–H groups in total. The molecule has 0 radical (unpaired) electrons. The van der Waals surface area contributed by atoms with Gasteiger partial charge in [0.2, 0.25) is 0 Å². The first-order valence-corrected chi connectivity index (χ1v) is 3.81. The molecule has 3 aliphatic rings. The third-order valence-electron chi connectivity index (χ3n) is 2.75. The first-order valence-electron chi connectivity index (χ1n) is 3.81. The van der Waals surface area contributed by atoms with Crippen molar-refractivity contribution in [1.29, 1.82) is 0 Å². The molecule has 3 rings (SSSR count). The number of hydrogen-bond acceptors (Lipinski definition) is 1. The summed E-state index contributed by atoms with van der Waals surface area (Å²) in [4.78, 5) is 11.0. The molecule has 0 aromatic rings. The highest BCUT2D eigenvalue weighted by Crippen LogP contribution is 2.44. The van der Waals surface area contributed by atoms with Crippen LogP contribution in [-0.2, 0) is 4.79 Å². The van der Waals surface area contributed by atoms with Crippen molar-refractivity contribution in [1.82, 2.24) is 0 Å². The van der Waals surface area contributed by atoms with Crippen molar-refractivity contribution < 1.29 is 4.79 Å². The number of carbonyl (C=O) groups excluding carboxylic acids is 1. The molecule has 0 spiro atoms. The minimum Gasteiger partial charge on any atom is -0.299 e. The second-order valence-corrected chi connectivity index (χ2v) is 3.61. The lowest BCUT2D eigenvalue weighted by Crippen LogP contribution is -2.43. The van der Waals surface area contributed by atoms with Gasteiger partial charge < -0.3 is 0 Å². The van der Waals surface area contributed by atoms with Crippen molar-refractivity contribution in [3.05, 3.63) is 0 Å². The van der Waals surface area contributed by atoms with E-state index in [4.69, 9.17) is 0 Å². The van der Waals surface area contributed by atoms with Crippen LogP contribution in [0, 0.1) is 17.8 Å². The fraction of sp³-hybridized carbons (Fsp3) is 0.875. The molecule has 3 aliphatic carbocycles. The lowest BCUT2D eigenvalue weighted by Gasteiger charge is -2.42. The zero-order chi connectivity index (χ0) is 6.43. The van der Waals surface area contributed by atoms with Crippen LogP contribution in [0.3, 0.4) is 0 Å². The van der Waals surface area contributed by atoms with Gasteiger partial charge in [0.25, 0.3) is 0 Å². The molecule has 0 heterocycles. The average molecular weight is 124 g/mol. The van der Waals surface area contributed by atoms with Gasteiger partial charge in [0.15, 0.2) is 0 Å². The summed E-state index contributed by atoms with van der Waals surface area (Å²) in [6.45, 7) is 2.26. The molecule has 50 valence electrons. The van der Waals surface area contributed by atoms with Gasteiger partial charge in [0, 0.05) is 11.8 Å². The zero-order valence-corrected chi connectivity index (χ0v) is 5.76. The van der Waals surface area contributed by atoms with E-state index in [-0.39, 0.29) is 0 Å². The Balaban J connectivity index is 2.09. The first kappa shape index (κ1) is 5.45. The molecule has 0 saturated heterocycles. The summed E-state index contributed by atoms with van der Waals surface area (Å²) < 4.78 is 0. The van der Waals surface area contributed by atoms with Gasteiger partial charge in [-0.15, -0.1) is 0 Å². The van der Waals surface area contributed by atoms with Gasteiger partial charge >= 0.3 is 0 Å². The fourth-order valence-electron chi connectivity index (χ4n) is 2.24. The van der Waals surface area contributed by atoms with Crippen LogP contribution >= 0.6 is 0 Å². The Labute approximate surface area is 55.4 Å². The van der Waals surface area contributed by atoms with Crippen molar-refractivity contribution in [3.63, 3.8) is 0 Å². The third-order valence-corrected chi connectivity index (χ3v) is 2.75. The summed E-state index contributed by atoms with van der Waals surface area (Å²) in [5, 5.41) is 0. The summed E-state index contributed by atoms with van der Waals surface area (Å²) in [5.41, 5.74) is 0. The second kappa shape index (κ2) is 1.59. The Morgan fingerprint density at radius 2 is 1.78 bits per heavy atom. The van der Waals surface area contributed by atoms with Gasteiger partial charge in [-0.25, -0.2) is 0 Å². The molecule has 0 aliphatic heterocycles. The predicted molar refractivity (Wildman–Crippen MR) is 35.0 cm³/mol. The average Bonchev–Trinajstić information content (AvgIpc) is 1.87. The molecule has 3 saturated carbocycles. The van der Waals surface area contributed by atoms with Crippen molar-refractivity contribution in [2.75, 3.05) is 0 Å². The Bertz CT molecular complexity index is 137. The number of carbonyl (C=O) groups is 1. The molecule has 1 heteroatoms. The predicted octanol–water partition coefficient (Wildman–Crippen LogP) is 1.62. The highest BCUT2D eigenvalue weighted by molar-refractivity contribution is 5.89. The van der Waals surface area contributed by atoms with Crippen molar-refractivity contribution in [2.24, 2.45) is 17.8 Å². The summed E-state index contributed by atoms with van der Waals surface area (Å²) in [6, 6.07) is 0. The summed E-state index contributed by atoms with van der Waals surface area (Å²) >= 11 is 0. The van der Waals surface area contributed by atoms with E-state index in [0.29, 0.717) is 17.6 Å². The van der Waals surface area contributed by atoms with Gasteiger partial charge in [0.1, 0.15) is 5.78 Å². The van der Waals surface area contributed by atoms with E-state index in [9.17, 15) is 4.79 Å². The molecule has 9 heavy (non-hydrogen) atoms. The highest BCUT2D eigenvalue weighted by atomic mass is 16.1. The van der Waals surface area contributed by atoms with E-state index >= 15 is 0 Å². The molecular weight excluding hydrogens is 112 g/mol. The van der Waals surface area contributed by atoms with Crippen molar-refractivity contribution in [2.45, 2.75) is 26.2 Å². The topological polar surface area (TPSA) is 17.1 Å². The quantitative estimate of drug-likeness (QED) is 0.479. The minimum atomic E-state index is 0.485. The van der Waals surface area contributed by atoms with Crippen LogP contribution in [0.5, 0.6) is 0 Å². The molecule has 3 fully saturated rings. The molecule has 2 bridgehead atoms.